The highest BCUT2D eigenvalue weighted by molar-refractivity contribution is 9.09. The lowest BCUT2D eigenvalue weighted by atomic mass is 10.2. The van der Waals surface area contributed by atoms with Gasteiger partial charge in [0.15, 0.2) is 0 Å². The van der Waals surface area contributed by atoms with Gasteiger partial charge in [-0.3, -0.25) is 9.11 Å². The van der Waals surface area contributed by atoms with Crippen LogP contribution in [0.15, 0.2) is 47.4 Å². The van der Waals surface area contributed by atoms with Crippen LogP contribution < -0.4 is 19.1 Å². The van der Waals surface area contributed by atoms with Crippen molar-refractivity contribution in [3.05, 3.63) is 48.0 Å². The van der Waals surface area contributed by atoms with Gasteiger partial charge >= 0.3 is 0 Å². The van der Waals surface area contributed by atoms with E-state index in [9.17, 15) is 17.5 Å². The molecule has 0 radical (unpaired) electrons. The van der Waals surface area contributed by atoms with Crippen LogP contribution in [0.2, 0.25) is 0 Å². The van der Waals surface area contributed by atoms with Gasteiger partial charge in [-0.05, 0) is 29.8 Å². The minimum atomic E-state index is -3.25. The number of alkyl halides is 1. The third-order valence-corrected chi connectivity index (χ3v) is 6.58. The van der Waals surface area contributed by atoms with Gasteiger partial charge in [-0.15, -0.1) is 10.8 Å². The first-order valence-electron chi connectivity index (χ1n) is 8.37. The molecule has 11 heteroatoms. The summed E-state index contributed by atoms with van der Waals surface area (Å²) in [6.45, 7) is 1.27. The minimum Gasteiger partial charge on any atom is -0.457 e. The maximum atomic E-state index is 11.2. The number of hydrogen-bond donors (Lipinski definition) is 4. The number of nitrogens with one attached hydrogen (secondary N) is 2. The molecule has 0 amide bonds. The fourth-order valence-corrected chi connectivity index (χ4v) is 4.82. The lowest BCUT2D eigenvalue weighted by Gasteiger charge is -2.43. The first-order chi connectivity index (χ1) is 13.2. The fraction of sp³-hybridized carbons (Fsp3) is 0.294. The van der Waals surface area contributed by atoms with Crippen molar-refractivity contribution in [3.63, 3.8) is 0 Å². The van der Waals surface area contributed by atoms with Crippen LogP contribution >= 0.6 is 26.7 Å². The molecule has 1 aliphatic rings. The Morgan fingerprint density at radius 1 is 1.21 bits per heavy atom. The smallest absolute Gasteiger partial charge is 0.209 e. The highest BCUT2D eigenvalue weighted by Crippen LogP contribution is 2.52. The zero-order valence-electron chi connectivity index (χ0n) is 15.1. The molecule has 0 atom stereocenters. The van der Waals surface area contributed by atoms with E-state index < -0.39 is 20.8 Å². The standard InChI is InChI=1S/C17H22BrN3O5S2/c1-27(22,23)19-11-13-2-4-14(5-3-13)26-15-6-7-16-17(10-15)28(24,25)20-12-21(16)9-8-18/h2-7,10,19-20,24-25H,8-9,11-12H2,1H3. The van der Waals surface area contributed by atoms with E-state index in [1.807, 2.05) is 11.0 Å². The number of ether oxygens (including phenoxy) is 1. The molecule has 2 aromatic rings. The van der Waals surface area contributed by atoms with Gasteiger partial charge in [-0.25, -0.2) is 13.1 Å². The second-order valence-electron chi connectivity index (χ2n) is 6.27. The summed E-state index contributed by atoms with van der Waals surface area (Å²) in [5, 5.41) is 0.756. The van der Waals surface area contributed by atoms with E-state index in [2.05, 4.69) is 25.4 Å². The van der Waals surface area contributed by atoms with Crippen LogP contribution in [-0.4, -0.2) is 42.3 Å². The molecule has 8 nitrogen and oxygen atoms in total. The van der Waals surface area contributed by atoms with E-state index in [0.717, 1.165) is 29.4 Å². The molecule has 3 rings (SSSR count). The normalized spacial score (nSPS) is 17.1. The third-order valence-electron chi connectivity index (χ3n) is 4.09. The molecule has 0 saturated carbocycles. The summed E-state index contributed by atoms with van der Waals surface area (Å²) in [4.78, 5) is 2.40. The van der Waals surface area contributed by atoms with E-state index in [4.69, 9.17) is 4.74 Å². The summed E-state index contributed by atoms with van der Waals surface area (Å²) >= 11 is 3.40. The zero-order chi connectivity index (χ0) is 20.4. The molecule has 0 saturated heterocycles. The van der Waals surface area contributed by atoms with Crippen LogP contribution in [0.25, 0.3) is 0 Å². The summed E-state index contributed by atoms with van der Waals surface area (Å²) in [5.74, 6) is 1.03. The van der Waals surface area contributed by atoms with Gasteiger partial charge in [0.2, 0.25) is 10.0 Å². The molecule has 1 heterocycles. The highest BCUT2D eigenvalue weighted by Gasteiger charge is 2.28. The van der Waals surface area contributed by atoms with Crippen molar-refractivity contribution in [2.24, 2.45) is 0 Å². The van der Waals surface area contributed by atoms with Gasteiger partial charge in [0.25, 0.3) is 0 Å². The Labute approximate surface area is 174 Å². The first-order valence-corrected chi connectivity index (χ1v) is 12.9. The number of sulfonamides is 1. The second kappa shape index (κ2) is 8.57. The van der Waals surface area contributed by atoms with Crippen molar-refractivity contribution in [1.82, 2.24) is 9.44 Å². The SMILES string of the molecule is CS(=O)(=O)NCc1ccc(Oc2ccc3c(c2)S(O)(O)NCN3CCBr)cc1. The lowest BCUT2D eigenvalue weighted by molar-refractivity contribution is 0.457. The van der Waals surface area contributed by atoms with Crippen molar-refractivity contribution in [3.8, 4) is 11.5 Å². The van der Waals surface area contributed by atoms with Crippen molar-refractivity contribution in [1.29, 1.82) is 0 Å². The van der Waals surface area contributed by atoms with Crippen LogP contribution in [0.3, 0.4) is 0 Å². The van der Waals surface area contributed by atoms with Crippen LogP contribution in [0.4, 0.5) is 5.69 Å². The molecule has 0 spiro atoms. The number of benzene rings is 2. The van der Waals surface area contributed by atoms with Crippen molar-refractivity contribution >= 4 is 42.4 Å². The van der Waals surface area contributed by atoms with Crippen LogP contribution in [0.1, 0.15) is 5.56 Å². The van der Waals surface area contributed by atoms with Gasteiger partial charge in [0, 0.05) is 24.5 Å². The summed E-state index contributed by atoms with van der Waals surface area (Å²) in [6, 6.07) is 12.2. The number of fused-ring (bicyclic) bond motifs is 1. The molecular formula is C17H22BrN3O5S2. The Morgan fingerprint density at radius 2 is 1.89 bits per heavy atom. The van der Waals surface area contributed by atoms with Gasteiger partial charge in [-0.2, -0.15) is 4.72 Å². The molecule has 0 aliphatic carbocycles. The molecule has 28 heavy (non-hydrogen) atoms. The zero-order valence-corrected chi connectivity index (χ0v) is 18.3. The molecule has 1 aliphatic heterocycles. The monoisotopic (exact) mass is 491 g/mol. The average Bonchev–Trinajstić information content (AvgIpc) is 2.63. The number of rotatable bonds is 7. The van der Waals surface area contributed by atoms with Gasteiger partial charge in [0.05, 0.1) is 18.6 Å². The van der Waals surface area contributed by atoms with Crippen LogP contribution in [-0.2, 0) is 16.6 Å². The summed E-state index contributed by atoms with van der Waals surface area (Å²) < 4.78 is 54.0. The highest BCUT2D eigenvalue weighted by atomic mass is 79.9. The van der Waals surface area contributed by atoms with E-state index in [1.54, 1.807) is 36.4 Å². The molecule has 4 N–H and O–H groups in total. The minimum absolute atomic E-state index is 0.202. The molecule has 0 bridgehead atoms. The second-order valence-corrected chi connectivity index (χ2v) is 10.7. The lowest BCUT2D eigenvalue weighted by Crippen LogP contribution is -2.41. The van der Waals surface area contributed by atoms with E-state index >= 15 is 0 Å². The Kier molecular flexibility index (Phi) is 6.54. The summed E-state index contributed by atoms with van der Waals surface area (Å²) in [6.07, 6.45) is 1.11. The van der Waals surface area contributed by atoms with Gasteiger partial charge in [-0.1, -0.05) is 28.1 Å². The summed E-state index contributed by atoms with van der Waals surface area (Å²) in [5.41, 5.74) is 1.56. The Balaban J connectivity index is 1.76. The maximum absolute atomic E-state index is 11.2. The Morgan fingerprint density at radius 3 is 2.54 bits per heavy atom. The topological polar surface area (TPSA) is 111 Å². The predicted octanol–water partition coefficient (Wildman–Crippen LogP) is 3.31. The molecular weight excluding hydrogens is 470 g/mol. The quantitative estimate of drug-likeness (QED) is 0.439. The average molecular weight is 492 g/mol. The Bertz CT molecular complexity index is 938. The van der Waals surface area contributed by atoms with Gasteiger partial charge < -0.3 is 9.64 Å². The van der Waals surface area contributed by atoms with Crippen LogP contribution in [0.5, 0.6) is 11.5 Å². The van der Waals surface area contributed by atoms with E-state index in [0.29, 0.717) is 23.1 Å². The molecule has 0 unspecified atom stereocenters. The van der Waals surface area contributed by atoms with Crippen molar-refractivity contribution in [2.45, 2.75) is 11.4 Å². The molecule has 2 aromatic carbocycles. The third kappa shape index (κ3) is 5.38. The number of halogens is 1. The van der Waals surface area contributed by atoms with Crippen molar-refractivity contribution in [2.75, 3.05) is 29.7 Å². The van der Waals surface area contributed by atoms with Crippen LogP contribution in [0, 0.1) is 0 Å². The largest absolute Gasteiger partial charge is 0.457 e. The maximum Gasteiger partial charge on any atom is 0.209 e. The number of anilines is 1. The fourth-order valence-electron chi connectivity index (χ4n) is 2.71. The van der Waals surface area contributed by atoms with E-state index in [-0.39, 0.29) is 6.54 Å². The molecule has 0 aromatic heterocycles. The van der Waals surface area contributed by atoms with E-state index in [1.165, 1.54) is 0 Å². The van der Waals surface area contributed by atoms with Crippen molar-refractivity contribution < 1.29 is 22.3 Å². The first kappa shape index (κ1) is 21.4. The Hall–Kier alpha value is -1.34. The summed E-state index contributed by atoms with van der Waals surface area (Å²) in [7, 11) is -6.34. The number of nitrogens with zero attached hydrogens (tertiary/aromatic N) is 1. The predicted molar refractivity (Wildman–Crippen MR) is 115 cm³/mol. The number of hydrogen-bond acceptors (Lipinski definition) is 7. The van der Waals surface area contributed by atoms with Gasteiger partial charge in [0.1, 0.15) is 16.4 Å². The molecule has 0 fully saturated rings. The molecule has 154 valence electrons.